The van der Waals surface area contributed by atoms with Gasteiger partial charge in [0.15, 0.2) is 0 Å². The molecule has 1 fully saturated rings. The smallest absolute Gasteiger partial charge is 0.240 e. The van der Waals surface area contributed by atoms with Crippen LogP contribution in [0.2, 0.25) is 0 Å². The summed E-state index contributed by atoms with van der Waals surface area (Å²) >= 11 is 0. The van der Waals surface area contributed by atoms with E-state index in [4.69, 9.17) is 5.73 Å². The van der Waals surface area contributed by atoms with E-state index in [0.717, 1.165) is 25.8 Å². The van der Waals surface area contributed by atoms with E-state index >= 15 is 0 Å². The summed E-state index contributed by atoms with van der Waals surface area (Å²) in [6.45, 7) is 9.56. The molecule has 1 saturated heterocycles. The van der Waals surface area contributed by atoms with Crippen LogP contribution in [0.15, 0.2) is 0 Å². The van der Waals surface area contributed by atoms with Gasteiger partial charge in [-0.2, -0.15) is 0 Å². The van der Waals surface area contributed by atoms with Crippen LogP contribution in [0.3, 0.4) is 0 Å². The highest BCUT2D eigenvalue weighted by molar-refractivity contribution is 5.82. The molecule has 2 N–H and O–H groups in total. The van der Waals surface area contributed by atoms with E-state index < -0.39 is 6.04 Å². The number of hydrogen-bond donors (Lipinski definition) is 1. The zero-order valence-electron chi connectivity index (χ0n) is 13.3. The summed E-state index contributed by atoms with van der Waals surface area (Å²) in [7, 11) is 0. The molecule has 0 spiro atoms. The SMILES string of the molecule is CCN(CC1CCCCN1C(=O)[C@@H](N)C(C)C)C(C)=O. The van der Waals surface area contributed by atoms with E-state index in [9.17, 15) is 9.59 Å². The highest BCUT2D eigenvalue weighted by Gasteiger charge is 2.32. The zero-order valence-corrected chi connectivity index (χ0v) is 13.3. The van der Waals surface area contributed by atoms with Crippen LogP contribution in [-0.2, 0) is 9.59 Å². The van der Waals surface area contributed by atoms with E-state index in [1.54, 1.807) is 11.8 Å². The summed E-state index contributed by atoms with van der Waals surface area (Å²) in [5, 5.41) is 0. The third-order valence-corrected chi connectivity index (χ3v) is 4.17. The Morgan fingerprint density at radius 1 is 1.35 bits per heavy atom. The normalized spacial score (nSPS) is 20.9. The van der Waals surface area contributed by atoms with Crippen molar-refractivity contribution < 1.29 is 9.59 Å². The van der Waals surface area contributed by atoms with Crippen molar-refractivity contribution in [3.05, 3.63) is 0 Å². The first-order chi connectivity index (χ1) is 9.38. The Hall–Kier alpha value is -1.10. The summed E-state index contributed by atoms with van der Waals surface area (Å²) in [6, 6.07) is -0.326. The minimum Gasteiger partial charge on any atom is -0.341 e. The predicted octanol–water partition coefficient (Wildman–Crippen LogP) is 1.22. The molecule has 1 aliphatic heterocycles. The maximum Gasteiger partial charge on any atom is 0.240 e. The number of piperidine rings is 1. The number of likely N-dealkylation sites (tertiary alicyclic amines) is 1. The van der Waals surface area contributed by atoms with Crippen molar-refractivity contribution in [3.63, 3.8) is 0 Å². The molecule has 0 aromatic rings. The minimum absolute atomic E-state index is 0.0318. The number of nitrogens with two attached hydrogens (primary N) is 1. The fourth-order valence-corrected chi connectivity index (χ4v) is 2.69. The van der Waals surface area contributed by atoms with E-state index in [1.165, 1.54) is 0 Å². The molecule has 1 rings (SSSR count). The van der Waals surface area contributed by atoms with Gasteiger partial charge in [0.25, 0.3) is 0 Å². The highest BCUT2D eigenvalue weighted by atomic mass is 16.2. The largest absolute Gasteiger partial charge is 0.341 e. The molecule has 1 heterocycles. The van der Waals surface area contributed by atoms with Gasteiger partial charge in [-0.1, -0.05) is 13.8 Å². The third-order valence-electron chi connectivity index (χ3n) is 4.17. The van der Waals surface area contributed by atoms with Gasteiger partial charge in [-0.25, -0.2) is 0 Å². The van der Waals surface area contributed by atoms with Gasteiger partial charge in [-0.3, -0.25) is 9.59 Å². The standard InChI is InChI=1S/C15H29N3O2/c1-5-17(12(4)19)10-13-8-6-7-9-18(13)15(20)14(16)11(2)3/h11,13-14H,5-10,16H2,1-4H3/t13?,14-/m0/s1. The zero-order chi connectivity index (χ0) is 15.3. The number of rotatable bonds is 5. The van der Waals surface area contributed by atoms with Crippen LogP contribution in [0.1, 0.15) is 47.0 Å². The Morgan fingerprint density at radius 2 is 2.00 bits per heavy atom. The molecule has 2 atom stereocenters. The average molecular weight is 283 g/mol. The van der Waals surface area contributed by atoms with Crippen molar-refractivity contribution in [3.8, 4) is 0 Å². The fourth-order valence-electron chi connectivity index (χ4n) is 2.69. The molecule has 2 amide bonds. The van der Waals surface area contributed by atoms with Crippen LogP contribution >= 0.6 is 0 Å². The molecule has 0 aromatic carbocycles. The molecule has 0 bridgehead atoms. The van der Waals surface area contributed by atoms with Gasteiger partial charge in [-0.15, -0.1) is 0 Å². The number of nitrogens with zero attached hydrogens (tertiary/aromatic N) is 2. The molecule has 1 aliphatic rings. The van der Waals surface area contributed by atoms with Gasteiger partial charge in [0.2, 0.25) is 11.8 Å². The Labute approximate surface area is 122 Å². The molecule has 20 heavy (non-hydrogen) atoms. The van der Waals surface area contributed by atoms with Crippen LogP contribution in [0.4, 0.5) is 0 Å². The van der Waals surface area contributed by atoms with E-state index in [2.05, 4.69) is 0 Å². The van der Waals surface area contributed by atoms with E-state index in [-0.39, 0.29) is 23.8 Å². The van der Waals surface area contributed by atoms with Crippen molar-refractivity contribution in [2.75, 3.05) is 19.6 Å². The van der Waals surface area contributed by atoms with Crippen LogP contribution in [0.5, 0.6) is 0 Å². The molecule has 1 unspecified atom stereocenters. The van der Waals surface area contributed by atoms with Gasteiger partial charge >= 0.3 is 0 Å². The molecule has 0 saturated carbocycles. The summed E-state index contributed by atoms with van der Waals surface area (Å²) in [5.41, 5.74) is 6.00. The monoisotopic (exact) mass is 283 g/mol. The second-order valence-electron chi connectivity index (χ2n) is 6.01. The summed E-state index contributed by atoms with van der Waals surface area (Å²) in [5.74, 6) is 0.239. The van der Waals surface area contributed by atoms with Crippen LogP contribution in [-0.4, -0.2) is 53.3 Å². The Balaban J connectivity index is 2.76. The summed E-state index contributed by atoms with van der Waals surface area (Å²) in [4.78, 5) is 27.8. The van der Waals surface area contributed by atoms with Crippen molar-refractivity contribution in [2.24, 2.45) is 11.7 Å². The predicted molar refractivity (Wildman–Crippen MR) is 80.1 cm³/mol. The van der Waals surface area contributed by atoms with Gasteiger partial charge in [0.05, 0.1) is 6.04 Å². The topological polar surface area (TPSA) is 66.6 Å². The molecule has 5 nitrogen and oxygen atoms in total. The quantitative estimate of drug-likeness (QED) is 0.825. The van der Waals surface area contributed by atoms with E-state index in [0.29, 0.717) is 13.1 Å². The lowest BCUT2D eigenvalue weighted by Gasteiger charge is -2.40. The second-order valence-corrected chi connectivity index (χ2v) is 6.01. The van der Waals surface area contributed by atoms with E-state index in [1.807, 2.05) is 25.7 Å². The number of likely N-dealkylation sites (N-methyl/N-ethyl adjacent to an activating group) is 1. The average Bonchev–Trinajstić information content (AvgIpc) is 2.43. The Morgan fingerprint density at radius 3 is 2.50 bits per heavy atom. The van der Waals surface area contributed by atoms with Crippen molar-refractivity contribution in [1.82, 2.24) is 9.80 Å². The first kappa shape index (κ1) is 17.0. The number of amides is 2. The first-order valence-electron chi connectivity index (χ1n) is 7.70. The molecular formula is C15H29N3O2. The van der Waals surface area contributed by atoms with Crippen LogP contribution in [0, 0.1) is 5.92 Å². The molecule has 0 aliphatic carbocycles. The summed E-state index contributed by atoms with van der Waals surface area (Å²) in [6.07, 6.45) is 3.10. The lowest BCUT2D eigenvalue weighted by atomic mass is 9.97. The third kappa shape index (κ3) is 4.20. The Bertz CT molecular complexity index is 344. The molecule has 0 aromatic heterocycles. The second kappa shape index (κ2) is 7.62. The van der Waals surface area contributed by atoms with Crippen LogP contribution in [0.25, 0.3) is 0 Å². The number of hydrogen-bond acceptors (Lipinski definition) is 3. The first-order valence-corrected chi connectivity index (χ1v) is 7.70. The molecule has 116 valence electrons. The fraction of sp³-hybridized carbons (Fsp3) is 0.867. The van der Waals surface area contributed by atoms with Crippen molar-refractivity contribution in [2.45, 2.75) is 59.0 Å². The maximum absolute atomic E-state index is 12.5. The molecular weight excluding hydrogens is 254 g/mol. The summed E-state index contributed by atoms with van der Waals surface area (Å²) < 4.78 is 0. The Kier molecular flexibility index (Phi) is 6.46. The lowest BCUT2D eigenvalue weighted by molar-refractivity contribution is -0.140. The molecule has 5 heteroatoms. The van der Waals surface area contributed by atoms with Gasteiger partial charge in [-0.05, 0) is 32.1 Å². The van der Waals surface area contributed by atoms with Gasteiger partial charge < -0.3 is 15.5 Å². The number of carbonyl (C=O) groups excluding carboxylic acids is 2. The highest BCUT2D eigenvalue weighted by Crippen LogP contribution is 2.20. The minimum atomic E-state index is -0.442. The van der Waals surface area contributed by atoms with Gasteiger partial charge in [0.1, 0.15) is 0 Å². The van der Waals surface area contributed by atoms with Gasteiger partial charge in [0, 0.05) is 32.6 Å². The number of carbonyl (C=O) groups is 2. The molecule has 0 radical (unpaired) electrons. The lowest BCUT2D eigenvalue weighted by Crippen LogP contribution is -2.55. The van der Waals surface area contributed by atoms with Crippen molar-refractivity contribution >= 4 is 11.8 Å². The van der Waals surface area contributed by atoms with Crippen molar-refractivity contribution in [1.29, 1.82) is 0 Å². The van der Waals surface area contributed by atoms with Crippen LogP contribution < -0.4 is 5.73 Å². The maximum atomic E-state index is 12.5.